The standard InChI is InChI=1S/C19H24N4O2S/c1-11(2)25-17-9-15-13(8-16(17)18(20)26)4-6-21-19(15)23-7-5-14(10-23)22-12(3)24/h4,6,8-9,11,14H,5,7,10H2,1-3H3,(H2,20,26)(H,22,24). The largest absolute Gasteiger partial charge is 0.490 e. The zero-order chi connectivity index (χ0) is 18.8. The molecular formula is C19H24N4O2S. The first-order valence-corrected chi connectivity index (χ1v) is 9.17. The second kappa shape index (κ2) is 7.45. The maximum atomic E-state index is 11.3. The minimum atomic E-state index is -0.00329. The molecule has 1 aromatic carbocycles. The fraction of sp³-hybridized carbons (Fsp3) is 0.421. The number of hydrogen-bond acceptors (Lipinski definition) is 5. The number of pyridine rings is 1. The lowest BCUT2D eigenvalue weighted by Gasteiger charge is -2.21. The Morgan fingerprint density at radius 2 is 2.23 bits per heavy atom. The van der Waals surface area contributed by atoms with Crippen LogP contribution in [0.1, 0.15) is 32.8 Å². The number of benzene rings is 1. The highest BCUT2D eigenvalue weighted by atomic mass is 32.1. The summed E-state index contributed by atoms with van der Waals surface area (Å²) in [5.74, 6) is 1.56. The van der Waals surface area contributed by atoms with E-state index in [0.29, 0.717) is 10.7 Å². The van der Waals surface area contributed by atoms with Crippen LogP contribution >= 0.6 is 12.2 Å². The van der Waals surface area contributed by atoms with E-state index in [9.17, 15) is 4.79 Å². The molecule has 1 fully saturated rings. The number of hydrogen-bond donors (Lipinski definition) is 2. The van der Waals surface area contributed by atoms with Crippen molar-refractivity contribution in [3.8, 4) is 5.75 Å². The first-order valence-electron chi connectivity index (χ1n) is 8.76. The first kappa shape index (κ1) is 18.4. The Bertz CT molecular complexity index is 853. The number of thiocarbonyl (C=S) groups is 1. The molecule has 1 aliphatic heterocycles. The number of fused-ring (bicyclic) bond motifs is 1. The number of nitrogens with one attached hydrogen (secondary N) is 1. The number of carbonyl (C=O) groups excluding carboxylic acids is 1. The molecule has 3 rings (SSSR count). The average Bonchev–Trinajstić information content (AvgIpc) is 3.00. The van der Waals surface area contributed by atoms with Crippen LogP contribution in [-0.4, -0.2) is 41.1 Å². The van der Waals surface area contributed by atoms with Crippen molar-refractivity contribution in [3.63, 3.8) is 0 Å². The molecule has 0 aliphatic carbocycles. The Morgan fingerprint density at radius 1 is 1.46 bits per heavy atom. The number of ether oxygens (including phenoxy) is 1. The summed E-state index contributed by atoms with van der Waals surface area (Å²) in [5, 5.41) is 4.99. The third kappa shape index (κ3) is 3.88. The molecule has 1 aromatic heterocycles. The van der Waals surface area contributed by atoms with Gasteiger partial charge in [-0.1, -0.05) is 12.2 Å². The van der Waals surface area contributed by atoms with Crippen molar-refractivity contribution in [2.45, 2.75) is 39.3 Å². The van der Waals surface area contributed by atoms with E-state index in [-0.39, 0.29) is 18.1 Å². The van der Waals surface area contributed by atoms with Crippen molar-refractivity contribution in [1.82, 2.24) is 10.3 Å². The van der Waals surface area contributed by atoms with Gasteiger partial charge in [-0.05, 0) is 43.9 Å². The zero-order valence-corrected chi connectivity index (χ0v) is 16.1. The second-order valence-corrected chi connectivity index (χ2v) is 7.31. The van der Waals surface area contributed by atoms with Crippen molar-refractivity contribution < 1.29 is 9.53 Å². The van der Waals surface area contributed by atoms with Crippen LogP contribution in [0.2, 0.25) is 0 Å². The van der Waals surface area contributed by atoms with Crippen molar-refractivity contribution in [2.75, 3.05) is 18.0 Å². The van der Waals surface area contributed by atoms with Gasteiger partial charge in [0.2, 0.25) is 5.91 Å². The lowest BCUT2D eigenvalue weighted by molar-refractivity contribution is -0.119. The summed E-state index contributed by atoms with van der Waals surface area (Å²) in [6, 6.07) is 6.02. The van der Waals surface area contributed by atoms with Crippen LogP contribution in [0.25, 0.3) is 10.8 Å². The quantitative estimate of drug-likeness (QED) is 0.785. The summed E-state index contributed by atoms with van der Waals surface area (Å²) >= 11 is 5.19. The molecule has 26 heavy (non-hydrogen) atoms. The number of carbonyl (C=O) groups is 1. The fourth-order valence-corrected chi connectivity index (χ4v) is 3.50. The van der Waals surface area contributed by atoms with E-state index in [4.69, 9.17) is 22.7 Å². The molecule has 1 atom stereocenters. The highest BCUT2D eigenvalue weighted by Gasteiger charge is 2.25. The van der Waals surface area contributed by atoms with Crippen molar-refractivity contribution >= 4 is 39.7 Å². The maximum Gasteiger partial charge on any atom is 0.217 e. The minimum Gasteiger partial charge on any atom is -0.490 e. The van der Waals surface area contributed by atoms with Crippen LogP contribution in [0.5, 0.6) is 5.75 Å². The topological polar surface area (TPSA) is 80.5 Å². The summed E-state index contributed by atoms with van der Waals surface area (Å²) in [5.41, 5.74) is 6.62. The number of amides is 1. The van der Waals surface area contributed by atoms with Crippen molar-refractivity contribution in [3.05, 3.63) is 30.0 Å². The molecule has 1 aliphatic rings. The summed E-state index contributed by atoms with van der Waals surface area (Å²) in [6.07, 6.45) is 2.70. The minimum absolute atomic E-state index is 0.00329. The predicted octanol–water partition coefficient (Wildman–Crippen LogP) is 2.37. The molecule has 1 amide bonds. The smallest absolute Gasteiger partial charge is 0.217 e. The first-order chi connectivity index (χ1) is 12.3. The van der Waals surface area contributed by atoms with E-state index in [1.165, 1.54) is 0 Å². The van der Waals surface area contributed by atoms with Crippen LogP contribution in [0.15, 0.2) is 24.4 Å². The molecule has 138 valence electrons. The van der Waals surface area contributed by atoms with E-state index >= 15 is 0 Å². The summed E-state index contributed by atoms with van der Waals surface area (Å²) in [6.45, 7) is 7.07. The van der Waals surface area contributed by atoms with Crippen LogP contribution in [0.4, 0.5) is 5.82 Å². The van der Waals surface area contributed by atoms with Gasteiger partial charge >= 0.3 is 0 Å². The Morgan fingerprint density at radius 3 is 2.88 bits per heavy atom. The van der Waals surface area contributed by atoms with Crippen molar-refractivity contribution in [1.29, 1.82) is 0 Å². The molecule has 0 spiro atoms. The molecule has 0 saturated carbocycles. The lowest BCUT2D eigenvalue weighted by Crippen LogP contribution is -2.35. The third-order valence-electron chi connectivity index (χ3n) is 4.37. The molecule has 0 radical (unpaired) electrons. The SMILES string of the molecule is CC(=O)NC1CCN(c2nccc3cc(C(N)=S)c(OC(C)C)cc23)C1. The van der Waals surface area contributed by atoms with E-state index < -0.39 is 0 Å². The van der Waals surface area contributed by atoms with Gasteiger partial charge in [-0.2, -0.15) is 0 Å². The molecular weight excluding hydrogens is 348 g/mol. The number of nitrogens with two attached hydrogens (primary N) is 1. The summed E-state index contributed by atoms with van der Waals surface area (Å²) in [7, 11) is 0. The second-order valence-electron chi connectivity index (χ2n) is 6.87. The molecule has 0 bridgehead atoms. The van der Waals surface area contributed by atoms with Crippen molar-refractivity contribution in [2.24, 2.45) is 5.73 Å². The van der Waals surface area contributed by atoms with Crippen LogP contribution in [-0.2, 0) is 4.79 Å². The van der Waals surface area contributed by atoms with E-state index in [1.807, 2.05) is 32.0 Å². The zero-order valence-electron chi connectivity index (χ0n) is 15.3. The molecule has 3 N–H and O–H groups in total. The molecule has 7 heteroatoms. The van der Waals surface area contributed by atoms with Gasteiger partial charge in [-0.15, -0.1) is 0 Å². The highest BCUT2D eigenvalue weighted by molar-refractivity contribution is 7.80. The molecule has 2 heterocycles. The van der Waals surface area contributed by atoms with E-state index in [2.05, 4.69) is 15.2 Å². The van der Waals surface area contributed by atoms with Gasteiger partial charge in [0, 0.05) is 37.6 Å². The molecule has 1 unspecified atom stereocenters. The van der Waals surface area contributed by atoms with Crippen LogP contribution in [0, 0.1) is 0 Å². The third-order valence-corrected chi connectivity index (χ3v) is 4.59. The van der Waals surface area contributed by atoms with Crippen LogP contribution < -0.4 is 20.7 Å². The molecule has 2 aromatic rings. The van der Waals surface area contributed by atoms with Crippen LogP contribution in [0.3, 0.4) is 0 Å². The lowest BCUT2D eigenvalue weighted by atomic mass is 10.1. The number of anilines is 1. The summed E-state index contributed by atoms with van der Waals surface area (Å²) in [4.78, 5) is 18.4. The Hall–Kier alpha value is -2.41. The van der Waals surface area contributed by atoms with E-state index in [0.717, 1.165) is 41.7 Å². The Labute approximate surface area is 158 Å². The average molecular weight is 372 g/mol. The predicted molar refractivity (Wildman–Crippen MR) is 108 cm³/mol. The molecule has 6 nitrogen and oxygen atoms in total. The maximum absolute atomic E-state index is 11.3. The van der Waals surface area contributed by atoms with Gasteiger partial charge < -0.3 is 20.7 Å². The van der Waals surface area contributed by atoms with Gasteiger partial charge in [-0.25, -0.2) is 4.98 Å². The molecule has 1 saturated heterocycles. The number of aromatic nitrogens is 1. The monoisotopic (exact) mass is 372 g/mol. The van der Waals surface area contributed by atoms with Gasteiger partial charge in [0.05, 0.1) is 11.7 Å². The van der Waals surface area contributed by atoms with Gasteiger partial charge in [0.25, 0.3) is 0 Å². The Balaban J connectivity index is 2.01. The number of nitrogens with zero attached hydrogens (tertiary/aromatic N) is 2. The summed E-state index contributed by atoms with van der Waals surface area (Å²) < 4.78 is 5.94. The normalized spacial score (nSPS) is 16.9. The number of rotatable bonds is 5. The Kier molecular flexibility index (Phi) is 5.27. The van der Waals surface area contributed by atoms with E-state index in [1.54, 1.807) is 13.1 Å². The highest BCUT2D eigenvalue weighted by Crippen LogP contribution is 2.33. The fourth-order valence-electron chi connectivity index (χ4n) is 3.34. The van der Waals surface area contributed by atoms with Gasteiger partial charge in [0.1, 0.15) is 16.6 Å². The van der Waals surface area contributed by atoms with Gasteiger partial charge in [0.15, 0.2) is 0 Å². The van der Waals surface area contributed by atoms with Gasteiger partial charge in [-0.3, -0.25) is 4.79 Å².